The molecule has 1 aromatic rings. The first-order valence-electron chi connectivity index (χ1n) is 5.98. The number of halogens is 2. The normalized spacial score (nSPS) is 26.3. The van der Waals surface area contributed by atoms with Crippen LogP contribution in [-0.2, 0) is 0 Å². The molecule has 0 aliphatic heterocycles. The molecule has 0 aromatic carbocycles. The predicted octanol–water partition coefficient (Wildman–Crippen LogP) is 4.49. The Bertz CT molecular complexity index is 362. The largest absolute Gasteiger partial charge is 0.266 e. The molecule has 4 heteroatoms. The van der Waals surface area contributed by atoms with E-state index in [1.165, 1.54) is 25.0 Å². The van der Waals surface area contributed by atoms with Gasteiger partial charge in [0.2, 0.25) is 0 Å². The Kier molecular flexibility index (Phi) is 3.96. The summed E-state index contributed by atoms with van der Waals surface area (Å²) in [7, 11) is 0. The molecule has 1 saturated carbocycles. The van der Waals surface area contributed by atoms with Gasteiger partial charge in [-0.05, 0) is 42.6 Å². The average Bonchev–Trinajstić information content (AvgIpc) is 2.61. The highest BCUT2D eigenvalue weighted by Gasteiger charge is 2.29. The van der Waals surface area contributed by atoms with Gasteiger partial charge in [-0.15, -0.1) is 11.6 Å². The SMILES string of the molecule is CC(C)n1ncc(Br)c1C1CCCCC1Cl. The Hall–Kier alpha value is -0.0200. The zero-order valence-electron chi connectivity index (χ0n) is 9.79. The van der Waals surface area contributed by atoms with Gasteiger partial charge in [0.25, 0.3) is 0 Å². The summed E-state index contributed by atoms with van der Waals surface area (Å²) in [5.74, 6) is 0.453. The summed E-state index contributed by atoms with van der Waals surface area (Å²) >= 11 is 10.1. The van der Waals surface area contributed by atoms with Crippen LogP contribution in [0.15, 0.2) is 10.7 Å². The van der Waals surface area contributed by atoms with E-state index in [4.69, 9.17) is 11.6 Å². The second-order valence-corrected chi connectivity index (χ2v) is 6.24. The summed E-state index contributed by atoms with van der Waals surface area (Å²) in [6.07, 6.45) is 6.75. The molecule has 1 heterocycles. The topological polar surface area (TPSA) is 17.8 Å². The molecule has 0 radical (unpaired) electrons. The van der Waals surface area contributed by atoms with E-state index in [9.17, 15) is 0 Å². The number of rotatable bonds is 2. The fourth-order valence-corrected chi connectivity index (χ4v) is 3.47. The van der Waals surface area contributed by atoms with Crippen molar-refractivity contribution in [3.63, 3.8) is 0 Å². The standard InChI is InChI=1S/C12H18BrClN2/c1-8(2)16-12(10(13)7-15-16)9-5-3-4-6-11(9)14/h7-9,11H,3-6H2,1-2H3. The van der Waals surface area contributed by atoms with Crippen molar-refractivity contribution < 1.29 is 0 Å². The number of alkyl halides is 1. The fraction of sp³-hybridized carbons (Fsp3) is 0.750. The zero-order valence-corrected chi connectivity index (χ0v) is 12.1. The van der Waals surface area contributed by atoms with Crippen LogP contribution in [0.2, 0.25) is 0 Å². The van der Waals surface area contributed by atoms with E-state index in [-0.39, 0.29) is 5.38 Å². The van der Waals surface area contributed by atoms with Crippen molar-refractivity contribution in [1.82, 2.24) is 9.78 Å². The van der Waals surface area contributed by atoms with Crippen LogP contribution < -0.4 is 0 Å². The molecule has 0 saturated heterocycles. The van der Waals surface area contributed by atoms with Gasteiger partial charge in [-0.25, -0.2) is 0 Å². The van der Waals surface area contributed by atoms with Crippen molar-refractivity contribution in [2.24, 2.45) is 0 Å². The maximum absolute atomic E-state index is 6.46. The van der Waals surface area contributed by atoms with Gasteiger partial charge in [0, 0.05) is 17.3 Å². The molecule has 16 heavy (non-hydrogen) atoms. The average molecular weight is 306 g/mol. The molecule has 1 fully saturated rings. The van der Waals surface area contributed by atoms with Crippen LogP contribution in [0.25, 0.3) is 0 Å². The predicted molar refractivity (Wildman–Crippen MR) is 71.2 cm³/mol. The van der Waals surface area contributed by atoms with Gasteiger partial charge >= 0.3 is 0 Å². The summed E-state index contributed by atoms with van der Waals surface area (Å²) in [6.45, 7) is 4.32. The van der Waals surface area contributed by atoms with Crippen LogP contribution in [0.3, 0.4) is 0 Å². The van der Waals surface area contributed by atoms with E-state index in [0.29, 0.717) is 12.0 Å². The molecule has 1 aliphatic rings. The van der Waals surface area contributed by atoms with Crippen LogP contribution in [0.1, 0.15) is 57.2 Å². The van der Waals surface area contributed by atoms with Crippen LogP contribution >= 0.6 is 27.5 Å². The van der Waals surface area contributed by atoms with Crippen LogP contribution in [0.4, 0.5) is 0 Å². The molecule has 2 atom stereocenters. The van der Waals surface area contributed by atoms with Crippen molar-refractivity contribution in [2.75, 3.05) is 0 Å². The maximum Gasteiger partial charge on any atom is 0.0635 e. The number of aromatic nitrogens is 2. The molecule has 0 N–H and O–H groups in total. The lowest BCUT2D eigenvalue weighted by Crippen LogP contribution is -2.22. The highest BCUT2D eigenvalue weighted by Crippen LogP contribution is 2.40. The summed E-state index contributed by atoms with van der Waals surface area (Å²) in [6, 6.07) is 0.395. The van der Waals surface area contributed by atoms with Gasteiger partial charge in [0.05, 0.1) is 16.4 Å². The summed E-state index contributed by atoms with van der Waals surface area (Å²) in [5, 5.41) is 4.70. The smallest absolute Gasteiger partial charge is 0.0635 e. The van der Waals surface area contributed by atoms with E-state index in [1.54, 1.807) is 0 Å². The lowest BCUT2D eigenvalue weighted by molar-refractivity contribution is 0.405. The lowest BCUT2D eigenvalue weighted by atomic mass is 9.86. The minimum Gasteiger partial charge on any atom is -0.266 e. The molecule has 1 aliphatic carbocycles. The van der Waals surface area contributed by atoms with Gasteiger partial charge in [-0.3, -0.25) is 4.68 Å². The first-order chi connectivity index (χ1) is 7.61. The summed E-state index contributed by atoms with van der Waals surface area (Å²) in [5.41, 5.74) is 1.29. The highest BCUT2D eigenvalue weighted by molar-refractivity contribution is 9.10. The number of hydrogen-bond acceptors (Lipinski definition) is 1. The van der Waals surface area contributed by atoms with E-state index in [2.05, 4.69) is 39.6 Å². The number of hydrogen-bond donors (Lipinski definition) is 0. The van der Waals surface area contributed by atoms with Crippen LogP contribution in [0.5, 0.6) is 0 Å². The zero-order chi connectivity index (χ0) is 11.7. The quantitative estimate of drug-likeness (QED) is 0.736. The van der Waals surface area contributed by atoms with E-state index in [1.807, 2.05) is 6.20 Å². The molecular weight excluding hydrogens is 288 g/mol. The third kappa shape index (κ3) is 2.30. The van der Waals surface area contributed by atoms with Crippen molar-refractivity contribution >= 4 is 27.5 Å². The third-order valence-corrected chi connectivity index (χ3v) is 4.44. The molecule has 1 aromatic heterocycles. The highest BCUT2D eigenvalue weighted by atomic mass is 79.9. The second kappa shape index (κ2) is 5.09. The molecule has 2 nitrogen and oxygen atoms in total. The second-order valence-electron chi connectivity index (χ2n) is 4.82. The van der Waals surface area contributed by atoms with E-state index in [0.717, 1.165) is 10.9 Å². The van der Waals surface area contributed by atoms with Gasteiger partial charge in [0.15, 0.2) is 0 Å². The van der Waals surface area contributed by atoms with Crippen molar-refractivity contribution in [2.45, 2.75) is 56.9 Å². The Labute approximate surface area is 110 Å². The number of nitrogens with zero attached hydrogens (tertiary/aromatic N) is 2. The molecular formula is C12H18BrClN2. The van der Waals surface area contributed by atoms with Gasteiger partial charge in [-0.1, -0.05) is 12.8 Å². The first-order valence-corrected chi connectivity index (χ1v) is 7.21. The Balaban J connectivity index is 2.33. The molecule has 90 valence electrons. The molecule has 0 amide bonds. The minimum absolute atomic E-state index is 0.263. The fourth-order valence-electron chi connectivity index (χ4n) is 2.50. The minimum atomic E-state index is 0.263. The Morgan fingerprint density at radius 3 is 2.75 bits per heavy atom. The van der Waals surface area contributed by atoms with E-state index >= 15 is 0 Å². The van der Waals surface area contributed by atoms with E-state index < -0.39 is 0 Å². The van der Waals surface area contributed by atoms with Crippen molar-refractivity contribution in [1.29, 1.82) is 0 Å². The summed E-state index contributed by atoms with van der Waals surface area (Å²) in [4.78, 5) is 0. The van der Waals surface area contributed by atoms with Gasteiger partial charge in [-0.2, -0.15) is 5.10 Å². The Morgan fingerprint density at radius 1 is 1.44 bits per heavy atom. The monoisotopic (exact) mass is 304 g/mol. The van der Waals surface area contributed by atoms with Crippen LogP contribution in [0, 0.1) is 0 Å². The van der Waals surface area contributed by atoms with Crippen molar-refractivity contribution in [3.05, 3.63) is 16.4 Å². The molecule has 2 unspecified atom stereocenters. The third-order valence-electron chi connectivity index (χ3n) is 3.31. The van der Waals surface area contributed by atoms with Gasteiger partial charge in [0.1, 0.15) is 0 Å². The van der Waals surface area contributed by atoms with Crippen molar-refractivity contribution in [3.8, 4) is 0 Å². The lowest BCUT2D eigenvalue weighted by Gasteiger charge is -2.28. The van der Waals surface area contributed by atoms with Gasteiger partial charge < -0.3 is 0 Å². The molecule has 2 rings (SSSR count). The molecule has 0 spiro atoms. The Morgan fingerprint density at radius 2 is 2.12 bits per heavy atom. The maximum atomic E-state index is 6.46. The molecule has 0 bridgehead atoms. The summed E-state index contributed by atoms with van der Waals surface area (Å²) < 4.78 is 3.22. The van der Waals surface area contributed by atoms with Crippen LogP contribution in [-0.4, -0.2) is 15.2 Å². The first kappa shape index (κ1) is 12.4.